The van der Waals surface area contributed by atoms with Crippen molar-refractivity contribution in [1.82, 2.24) is 0 Å². The van der Waals surface area contributed by atoms with E-state index in [1.807, 2.05) is 0 Å². The fourth-order valence-corrected chi connectivity index (χ4v) is 2.07. The summed E-state index contributed by atoms with van der Waals surface area (Å²) in [5.41, 5.74) is -0.458. The summed E-state index contributed by atoms with van der Waals surface area (Å²) in [6.07, 6.45) is 0. The normalized spacial score (nSPS) is 10.2. The van der Waals surface area contributed by atoms with Crippen molar-refractivity contribution in [3.63, 3.8) is 0 Å². The van der Waals surface area contributed by atoms with Gasteiger partial charge in [-0.15, -0.1) is 0 Å². The average molecular weight is 329 g/mol. The molecular formula is C13H7Cl2FN2O3. The number of benzene rings is 2. The number of hydrogen-bond acceptors (Lipinski definition) is 3. The van der Waals surface area contributed by atoms with E-state index in [0.29, 0.717) is 0 Å². The Bertz CT molecular complexity index is 717. The summed E-state index contributed by atoms with van der Waals surface area (Å²) in [6.45, 7) is 0. The summed E-state index contributed by atoms with van der Waals surface area (Å²) in [6, 6.07) is 7.30. The third-order valence-electron chi connectivity index (χ3n) is 2.61. The molecule has 1 N–H and O–H groups in total. The second-order valence-electron chi connectivity index (χ2n) is 3.97. The molecule has 0 spiro atoms. The molecule has 0 aromatic heterocycles. The van der Waals surface area contributed by atoms with E-state index in [0.717, 1.165) is 18.2 Å². The van der Waals surface area contributed by atoms with Crippen molar-refractivity contribution in [2.24, 2.45) is 0 Å². The topological polar surface area (TPSA) is 72.2 Å². The van der Waals surface area contributed by atoms with Crippen molar-refractivity contribution in [2.75, 3.05) is 5.32 Å². The lowest BCUT2D eigenvalue weighted by Crippen LogP contribution is -2.14. The number of rotatable bonds is 3. The van der Waals surface area contributed by atoms with Gasteiger partial charge in [-0.25, -0.2) is 4.39 Å². The van der Waals surface area contributed by atoms with E-state index in [1.54, 1.807) is 0 Å². The fraction of sp³-hybridized carbons (Fsp3) is 0. The molecule has 0 aliphatic rings. The van der Waals surface area contributed by atoms with Gasteiger partial charge in [-0.05, 0) is 18.2 Å². The van der Waals surface area contributed by atoms with E-state index in [-0.39, 0.29) is 27.0 Å². The minimum Gasteiger partial charge on any atom is -0.318 e. The van der Waals surface area contributed by atoms with E-state index in [1.165, 1.54) is 18.2 Å². The maximum absolute atomic E-state index is 13.6. The molecule has 0 saturated carbocycles. The van der Waals surface area contributed by atoms with Gasteiger partial charge in [0.1, 0.15) is 5.82 Å². The quantitative estimate of drug-likeness (QED) is 0.674. The molecule has 5 nitrogen and oxygen atoms in total. The second-order valence-corrected chi connectivity index (χ2v) is 4.79. The van der Waals surface area contributed by atoms with E-state index in [9.17, 15) is 19.3 Å². The number of anilines is 1. The van der Waals surface area contributed by atoms with Crippen LogP contribution >= 0.6 is 23.2 Å². The molecule has 0 heterocycles. The predicted octanol–water partition coefficient (Wildman–Crippen LogP) is 4.29. The highest BCUT2D eigenvalue weighted by Gasteiger charge is 2.17. The maximum Gasteiger partial charge on any atom is 0.270 e. The van der Waals surface area contributed by atoms with Gasteiger partial charge in [0.15, 0.2) is 0 Å². The lowest BCUT2D eigenvalue weighted by Gasteiger charge is -2.09. The van der Waals surface area contributed by atoms with Gasteiger partial charge in [-0.1, -0.05) is 29.3 Å². The Morgan fingerprint density at radius 3 is 2.48 bits per heavy atom. The largest absolute Gasteiger partial charge is 0.318 e. The van der Waals surface area contributed by atoms with Gasteiger partial charge in [0.25, 0.3) is 11.6 Å². The van der Waals surface area contributed by atoms with Crippen LogP contribution in [0.2, 0.25) is 10.0 Å². The Labute approximate surface area is 128 Å². The predicted molar refractivity (Wildman–Crippen MR) is 77.5 cm³/mol. The Kier molecular flexibility index (Phi) is 4.40. The number of para-hydroxylation sites is 1. The zero-order valence-corrected chi connectivity index (χ0v) is 11.8. The van der Waals surface area contributed by atoms with E-state index in [4.69, 9.17) is 23.2 Å². The maximum atomic E-state index is 13.6. The van der Waals surface area contributed by atoms with Crippen LogP contribution in [0, 0.1) is 15.9 Å². The van der Waals surface area contributed by atoms with Gasteiger partial charge in [-0.2, -0.15) is 0 Å². The number of non-ortho nitro benzene ring substituents is 1. The molecule has 0 bridgehead atoms. The lowest BCUT2D eigenvalue weighted by atomic mass is 10.2. The molecule has 0 unspecified atom stereocenters. The van der Waals surface area contributed by atoms with E-state index >= 15 is 0 Å². The van der Waals surface area contributed by atoms with Crippen LogP contribution in [0.3, 0.4) is 0 Å². The third kappa shape index (κ3) is 3.29. The molecular weight excluding hydrogens is 322 g/mol. The molecule has 1 amide bonds. The molecule has 0 radical (unpaired) electrons. The molecule has 2 aromatic rings. The molecule has 0 saturated heterocycles. The van der Waals surface area contributed by atoms with Gasteiger partial charge < -0.3 is 5.32 Å². The van der Waals surface area contributed by atoms with Crippen LogP contribution in [0.25, 0.3) is 0 Å². The molecule has 0 atom stereocenters. The van der Waals surface area contributed by atoms with Gasteiger partial charge >= 0.3 is 0 Å². The summed E-state index contributed by atoms with van der Waals surface area (Å²) >= 11 is 11.6. The number of amides is 1. The van der Waals surface area contributed by atoms with Gasteiger partial charge in [0, 0.05) is 12.1 Å². The van der Waals surface area contributed by atoms with E-state index < -0.39 is 16.6 Å². The smallest absolute Gasteiger partial charge is 0.270 e. The molecule has 21 heavy (non-hydrogen) atoms. The summed E-state index contributed by atoms with van der Waals surface area (Å²) < 4.78 is 13.6. The van der Waals surface area contributed by atoms with Crippen molar-refractivity contribution in [3.05, 3.63) is 67.9 Å². The Morgan fingerprint density at radius 2 is 1.90 bits per heavy atom. The number of nitrogens with zero attached hydrogens (tertiary/aromatic N) is 1. The van der Waals surface area contributed by atoms with Crippen LogP contribution in [0.5, 0.6) is 0 Å². The average Bonchev–Trinajstić information content (AvgIpc) is 2.42. The highest BCUT2D eigenvalue weighted by atomic mass is 35.5. The standard InChI is InChI=1S/C13H7Cl2FN2O3/c14-9-2-1-3-11(16)12(9)17-13(19)8-5-4-7(18(20)21)6-10(8)15/h1-6H,(H,17,19). The Morgan fingerprint density at radius 1 is 1.19 bits per heavy atom. The molecule has 2 rings (SSSR count). The minimum atomic E-state index is -0.720. The summed E-state index contributed by atoms with van der Waals surface area (Å²) in [7, 11) is 0. The van der Waals surface area contributed by atoms with Crippen LogP contribution in [0.15, 0.2) is 36.4 Å². The van der Waals surface area contributed by atoms with Crippen molar-refractivity contribution in [1.29, 1.82) is 0 Å². The highest BCUT2D eigenvalue weighted by molar-refractivity contribution is 6.36. The zero-order valence-electron chi connectivity index (χ0n) is 10.3. The highest BCUT2D eigenvalue weighted by Crippen LogP contribution is 2.27. The first-order valence-electron chi connectivity index (χ1n) is 5.59. The SMILES string of the molecule is O=C(Nc1c(F)cccc1Cl)c1ccc([N+](=O)[O-])cc1Cl. The lowest BCUT2D eigenvalue weighted by molar-refractivity contribution is -0.384. The van der Waals surface area contributed by atoms with Crippen LogP contribution in [0.1, 0.15) is 10.4 Å². The summed E-state index contributed by atoms with van der Waals surface area (Å²) in [5, 5.41) is 12.8. The van der Waals surface area contributed by atoms with Crippen LogP contribution in [-0.4, -0.2) is 10.8 Å². The number of nitro groups is 1. The van der Waals surface area contributed by atoms with E-state index in [2.05, 4.69) is 5.32 Å². The molecule has 0 aliphatic carbocycles. The van der Waals surface area contributed by atoms with Gasteiger partial charge in [0.2, 0.25) is 0 Å². The first-order valence-corrected chi connectivity index (χ1v) is 6.35. The third-order valence-corrected chi connectivity index (χ3v) is 3.24. The molecule has 108 valence electrons. The molecule has 0 aliphatic heterocycles. The van der Waals surface area contributed by atoms with Gasteiger partial charge in [0.05, 0.1) is 26.2 Å². The zero-order chi connectivity index (χ0) is 15.6. The first kappa shape index (κ1) is 15.2. The van der Waals surface area contributed by atoms with Crippen molar-refractivity contribution in [3.8, 4) is 0 Å². The Hall–Kier alpha value is -2.18. The van der Waals surface area contributed by atoms with Crippen LogP contribution in [-0.2, 0) is 0 Å². The fourth-order valence-electron chi connectivity index (χ4n) is 1.60. The number of carbonyl (C=O) groups is 1. The second kappa shape index (κ2) is 6.07. The monoisotopic (exact) mass is 328 g/mol. The van der Waals surface area contributed by atoms with Crippen molar-refractivity contribution in [2.45, 2.75) is 0 Å². The Balaban J connectivity index is 2.31. The van der Waals surface area contributed by atoms with Gasteiger partial charge in [-0.3, -0.25) is 14.9 Å². The molecule has 2 aromatic carbocycles. The number of halogens is 3. The molecule has 0 fully saturated rings. The number of nitrogens with one attached hydrogen (secondary N) is 1. The van der Waals surface area contributed by atoms with Crippen LogP contribution < -0.4 is 5.32 Å². The summed E-state index contributed by atoms with van der Waals surface area (Å²) in [4.78, 5) is 22.0. The van der Waals surface area contributed by atoms with Crippen molar-refractivity contribution >= 4 is 40.5 Å². The number of hydrogen-bond donors (Lipinski definition) is 1. The number of carbonyl (C=O) groups excluding carboxylic acids is 1. The van der Waals surface area contributed by atoms with Crippen molar-refractivity contribution < 1.29 is 14.1 Å². The van der Waals surface area contributed by atoms with Crippen LogP contribution in [0.4, 0.5) is 15.8 Å². The summed E-state index contributed by atoms with van der Waals surface area (Å²) in [5.74, 6) is -1.42. The molecule has 8 heteroatoms. The first-order chi connectivity index (χ1) is 9.90. The number of nitro benzene ring substituents is 1. The minimum absolute atomic E-state index is 0.0263.